The predicted molar refractivity (Wildman–Crippen MR) is 161 cm³/mol. The number of rotatable bonds is 9. The summed E-state index contributed by atoms with van der Waals surface area (Å²) in [6.07, 6.45) is 3.19. The van der Waals surface area contributed by atoms with Gasteiger partial charge in [-0.3, -0.25) is 4.79 Å². The number of halogens is 2. The summed E-state index contributed by atoms with van der Waals surface area (Å²) in [5, 5.41) is 6.20. The van der Waals surface area contributed by atoms with E-state index in [2.05, 4.69) is 77.4 Å². The van der Waals surface area contributed by atoms with Crippen LogP contribution >= 0.6 is 34.2 Å². The molecule has 0 aliphatic carbocycles. The number of piperidine rings is 1. The van der Waals surface area contributed by atoms with E-state index in [0.29, 0.717) is 24.8 Å². The monoisotopic (exact) mass is 646 g/mol. The molecule has 0 radical (unpaired) electrons. The summed E-state index contributed by atoms with van der Waals surface area (Å²) in [6.45, 7) is 4.29. The van der Waals surface area contributed by atoms with E-state index in [1.807, 2.05) is 30.3 Å². The lowest BCUT2D eigenvalue weighted by Crippen LogP contribution is -2.41. The van der Waals surface area contributed by atoms with Gasteiger partial charge in [0.15, 0.2) is 28.4 Å². The molecule has 38 heavy (non-hydrogen) atoms. The lowest BCUT2D eigenvalue weighted by atomic mass is 9.96. The van der Waals surface area contributed by atoms with Crippen LogP contribution in [0.3, 0.4) is 0 Å². The molecule has 3 aromatic rings. The zero-order valence-corrected chi connectivity index (χ0v) is 24.0. The molecule has 1 saturated heterocycles. The van der Waals surface area contributed by atoms with Gasteiger partial charge in [-0.05, 0) is 84.1 Å². The third-order valence-electron chi connectivity index (χ3n) is 6.52. The molecule has 6 N–H and O–H groups in total. The molecule has 200 valence electrons. The highest BCUT2D eigenvalue weighted by Crippen LogP contribution is 2.22. The van der Waals surface area contributed by atoms with Crippen LogP contribution in [0.25, 0.3) is 0 Å². The predicted octanol–water partition coefficient (Wildman–Crippen LogP) is 3.93. The minimum absolute atomic E-state index is 0.0275. The van der Waals surface area contributed by atoms with Crippen LogP contribution in [-0.2, 0) is 13.0 Å². The first-order valence-corrected chi connectivity index (χ1v) is 14.0. The highest BCUT2D eigenvalue weighted by atomic mass is 127. The number of aromatic nitrogens is 2. The Bertz CT molecular complexity index is 1250. The average Bonchev–Trinajstić information content (AvgIpc) is 2.93. The van der Waals surface area contributed by atoms with Crippen LogP contribution in [0.4, 0.5) is 11.6 Å². The maximum atomic E-state index is 12.7. The van der Waals surface area contributed by atoms with E-state index in [0.717, 1.165) is 48.0 Å². The number of carbonyl (C=O) groups is 1. The Kier molecular flexibility index (Phi) is 10.1. The number of hydrogen-bond donors (Lipinski definition) is 4. The van der Waals surface area contributed by atoms with E-state index in [-0.39, 0.29) is 22.6 Å². The maximum Gasteiger partial charge on any atom is 0.302 e. The fraction of sp³-hybridized carbons (Fsp3) is 0.333. The molecule has 0 saturated carbocycles. The second kappa shape index (κ2) is 13.7. The first-order chi connectivity index (χ1) is 18.4. The topological polar surface area (TPSA) is 135 Å². The van der Waals surface area contributed by atoms with Gasteiger partial charge in [0.1, 0.15) is 0 Å². The van der Waals surface area contributed by atoms with Crippen LogP contribution in [0.2, 0.25) is 5.15 Å². The summed E-state index contributed by atoms with van der Waals surface area (Å²) >= 11 is 8.51. The fourth-order valence-electron chi connectivity index (χ4n) is 4.28. The minimum Gasteiger partial charge on any atom is -0.382 e. The van der Waals surface area contributed by atoms with Crippen molar-refractivity contribution in [3.63, 3.8) is 0 Å². The summed E-state index contributed by atoms with van der Waals surface area (Å²) in [5.74, 6) is 0.0273. The summed E-state index contributed by atoms with van der Waals surface area (Å²) in [4.78, 5) is 27.4. The van der Waals surface area contributed by atoms with E-state index in [1.54, 1.807) is 0 Å². The van der Waals surface area contributed by atoms with Gasteiger partial charge < -0.3 is 27.0 Å². The maximum absolute atomic E-state index is 12.7. The first kappa shape index (κ1) is 28.1. The zero-order valence-electron chi connectivity index (χ0n) is 21.0. The number of nitrogens with zero attached hydrogens (tertiary/aromatic N) is 4. The van der Waals surface area contributed by atoms with Gasteiger partial charge in [0.05, 0.1) is 0 Å². The van der Waals surface area contributed by atoms with Gasteiger partial charge in [-0.1, -0.05) is 54.1 Å². The Morgan fingerprint density at radius 3 is 2.50 bits per heavy atom. The SMILES string of the molecule is N/C(=N\C(=O)c1nc(Cl)c(NCc2ccc(I)cc2)nc1N)NCC1CCN(CCc2ccccc2)CC1. The Balaban J connectivity index is 1.23. The number of guanidine groups is 1. The highest BCUT2D eigenvalue weighted by molar-refractivity contribution is 14.1. The molecule has 2 heterocycles. The van der Waals surface area contributed by atoms with Crippen LogP contribution in [0.5, 0.6) is 0 Å². The number of aliphatic imine (C=N–C) groups is 1. The van der Waals surface area contributed by atoms with E-state index >= 15 is 0 Å². The number of nitrogens with one attached hydrogen (secondary N) is 2. The quantitative estimate of drug-likeness (QED) is 0.156. The first-order valence-electron chi connectivity index (χ1n) is 12.6. The number of hydrogen-bond acceptors (Lipinski definition) is 6. The van der Waals surface area contributed by atoms with Gasteiger partial charge in [0, 0.05) is 23.2 Å². The third kappa shape index (κ3) is 8.27. The molecule has 1 aliphatic heterocycles. The van der Waals surface area contributed by atoms with Crippen LogP contribution in [-0.4, -0.2) is 52.9 Å². The molecule has 1 amide bonds. The summed E-state index contributed by atoms with van der Waals surface area (Å²) in [7, 11) is 0. The minimum atomic E-state index is -0.693. The van der Waals surface area contributed by atoms with Crippen molar-refractivity contribution in [3.05, 3.63) is 80.1 Å². The smallest absolute Gasteiger partial charge is 0.302 e. The van der Waals surface area contributed by atoms with Crippen LogP contribution < -0.4 is 22.1 Å². The van der Waals surface area contributed by atoms with Crippen molar-refractivity contribution < 1.29 is 4.79 Å². The fourth-order valence-corrected chi connectivity index (χ4v) is 4.84. The molecule has 9 nitrogen and oxygen atoms in total. The van der Waals surface area contributed by atoms with Crippen molar-refractivity contribution in [3.8, 4) is 0 Å². The van der Waals surface area contributed by atoms with Gasteiger partial charge in [-0.25, -0.2) is 9.97 Å². The Labute approximate surface area is 241 Å². The summed E-state index contributed by atoms with van der Waals surface area (Å²) in [5.41, 5.74) is 14.3. The number of nitrogens with two attached hydrogens (primary N) is 2. The van der Waals surface area contributed by atoms with E-state index in [4.69, 9.17) is 23.1 Å². The standard InChI is InChI=1S/C27H32ClIN8O/c28-23-25(32-16-19-6-8-21(29)9-7-19)35-24(30)22(34-23)26(38)36-27(31)33-17-20-11-14-37(15-12-20)13-10-18-4-2-1-3-5-18/h1-9,20H,10-17H2,(H3,30,32,35)(H3,31,33,36,38). The second-order valence-electron chi connectivity index (χ2n) is 9.28. The highest BCUT2D eigenvalue weighted by Gasteiger charge is 2.20. The second-order valence-corrected chi connectivity index (χ2v) is 10.9. The van der Waals surface area contributed by atoms with Crippen LogP contribution in [0.15, 0.2) is 59.6 Å². The van der Waals surface area contributed by atoms with Crippen molar-refractivity contribution in [2.24, 2.45) is 16.6 Å². The van der Waals surface area contributed by atoms with Crippen LogP contribution in [0.1, 0.15) is 34.5 Å². The van der Waals surface area contributed by atoms with Gasteiger partial charge in [-0.2, -0.15) is 4.99 Å². The van der Waals surface area contributed by atoms with E-state index in [1.165, 1.54) is 5.56 Å². The van der Waals surface area contributed by atoms with E-state index in [9.17, 15) is 4.79 Å². The largest absolute Gasteiger partial charge is 0.382 e. The normalized spacial score (nSPS) is 14.8. The molecule has 1 fully saturated rings. The molecule has 1 aromatic heterocycles. The van der Waals surface area contributed by atoms with Crippen molar-refractivity contribution in [2.75, 3.05) is 37.2 Å². The zero-order chi connectivity index (χ0) is 26.9. The number of amides is 1. The molecular formula is C27H32ClIN8O. The Morgan fingerprint density at radius 2 is 1.79 bits per heavy atom. The lowest BCUT2D eigenvalue weighted by Gasteiger charge is -2.32. The summed E-state index contributed by atoms with van der Waals surface area (Å²) < 4.78 is 1.14. The summed E-state index contributed by atoms with van der Waals surface area (Å²) in [6, 6.07) is 18.6. The molecule has 0 bridgehead atoms. The van der Waals surface area contributed by atoms with Gasteiger partial charge in [0.2, 0.25) is 0 Å². The molecule has 0 atom stereocenters. The number of likely N-dealkylation sites (tertiary alicyclic amines) is 1. The number of carbonyl (C=O) groups excluding carboxylic acids is 1. The lowest BCUT2D eigenvalue weighted by molar-refractivity contribution is 0.0998. The molecule has 0 spiro atoms. The third-order valence-corrected chi connectivity index (χ3v) is 7.50. The van der Waals surface area contributed by atoms with Gasteiger partial charge in [0.25, 0.3) is 0 Å². The van der Waals surface area contributed by atoms with Crippen molar-refractivity contribution in [1.82, 2.24) is 20.2 Å². The Morgan fingerprint density at radius 1 is 1.08 bits per heavy atom. The molecule has 4 rings (SSSR count). The molecule has 1 aliphatic rings. The average molecular weight is 647 g/mol. The molecule has 0 unspecified atom stereocenters. The van der Waals surface area contributed by atoms with Crippen molar-refractivity contribution >= 4 is 57.7 Å². The van der Waals surface area contributed by atoms with Gasteiger partial charge in [-0.15, -0.1) is 0 Å². The Hall–Kier alpha value is -2.96. The van der Waals surface area contributed by atoms with E-state index < -0.39 is 5.91 Å². The number of nitrogen functional groups attached to an aromatic ring is 1. The molecule has 2 aromatic carbocycles. The number of anilines is 2. The van der Waals surface area contributed by atoms with Gasteiger partial charge >= 0.3 is 5.91 Å². The van der Waals surface area contributed by atoms with Crippen LogP contribution in [0, 0.1) is 9.49 Å². The van der Waals surface area contributed by atoms with Crippen molar-refractivity contribution in [2.45, 2.75) is 25.8 Å². The molecule has 11 heteroatoms. The van der Waals surface area contributed by atoms with Crippen molar-refractivity contribution in [1.29, 1.82) is 0 Å². The molecular weight excluding hydrogens is 615 g/mol. The number of benzene rings is 2.